The lowest BCUT2D eigenvalue weighted by molar-refractivity contribution is 0.601. The van der Waals surface area contributed by atoms with E-state index in [9.17, 15) is 13.2 Å². The van der Waals surface area contributed by atoms with Crippen LogP contribution in [-0.2, 0) is 9.84 Å². The lowest BCUT2D eigenvalue weighted by Crippen LogP contribution is -2.17. The lowest BCUT2D eigenvalue weighted by Gasteiger charge is -2.04. The highest BCUT2D eigenvalue weighted by Crippen LogP contribution is 2.24. The summed E-state index contributed by atoms with van der Waals surface area (Å²) in [5.41, 5.74) is -0.377. The van der Waals surface area contributed by atoms with Gasteiger partial charge in [-0.1, -0.05) is 17.7 Å². The normalized spacial score (nSPS) is 16.3. The van der Waals surface area contributed by atoms with Gasteiger partial charge in [0.2, 0.25) is 9.84 Å². The number of hydrogen-bond acceptors (Lipinski definition) is 3. The van der Waals surface area contributed by atoms with E-state index in [0.29, 0.717) is 15.8 Å². The zero-order chi connectivity index (χ0) is 12.2. The third kappa shape index (κ3) is 1.43. The van der Waals surface area contributed by atoms with E-state index in [0.717, 1.165) is 9.98 Å². The van der Waals surface area contributed by atoms with E-state index in [1.165, 1.54) is 18.3 Å². The van der Waals surface area contributed by atoms with Crippen LogP contribution in [0.1, 0.15) is 0 Å². The van der Waals surface area contributed by atoms with Crippen LogP contribution in [0.5, 0.6) is 0 Å². The summed E-state index contributed by atoms with van der Waals surface area (Å²) in [6.45, 7) is 0. The fourth-order valence-corrected chi connectivity index (χ4v) is 3.15. The summed E-state index contributed by atoms with van der Waals surface area (Å²) in [5, 5.41) is 2.43. The second-order valence-corrected chi connectivity index (χ2v) is 5.94. The maximum Gasteiger partial charge on any atom is 0.263 e. The summed E-state index contributed by atoms with van der Waals surface area (Å²) in [4.78, 5) is 12.0. The minimum Gasteiger partial charge on any atom is -0.272 e. The van der Waals surface area contributed by atoms with E-state index in [4.69, 9.17) is 11.6 Å². The molecule has 0 radical (unpaired) electrons. The van der Waals surface area contributed by atoms with Crippen LogP contribution < -0.4 is 5.56 Å². The number of benzene rings is 1. The summed E-state index contributed by atoms with van der Waals surface area (Å²) < 4.78 is 24.4. The predicted octanol–water partition coefficient (Wildman–Crippen LogP) is 1.87. The Morgan fingerprint density at radius 2 is 1.94 bits per heavy atom. The molecule has 1 aromatic heterocycles. The van der Waals surface area contributed by atoms with Gasteiger partial charge in [-0.15, -0.1) is 0 Å². The number of nitrogens with zero attached hydrogens (tertiary/aromatic N) is 1. The van der Waals surface area contributed by atoms with Crippen LogP contribution in [0.25, 0.3) is 17.0 Å². The molecule has 3 rings (SSSR count). The Hall–Kier alpha value is -1.59. The fourth-order valence-electron chi connectivity index (χ4n) is 1.84. The second kappa shape index (κ2) is 3.21. The van der Waals surface area contributed by atoms with Crippen LogP contribution in [0.3, 0.4) is 0 Å². The molecular formula is C11H6ClNO3S. The zero-order valence-corrected chi connectivity index (χ0v) is 9.99. The summed E-state index contributed by atoms with van der Waals surface area (Å²) in [6, 6.07) is 6.26. The first-order chi connectivity index (χ1) is 7.99. The van der Waals surface area contributed by atoms with Gasteiger partial charge in [0.05, 0.1) is 5.41 Å². The van der Waals surface area contributed by atoms with Gasteiger partial charge in [0.15, 0.2) is 0 Å². The third-order valence-electron chi connectivity index (χ3n) is 2.66. The maximum atomic E-state index is 12.0. The van der Waals surface area contributed by atoms with Crippen molar-refractivity contribution in [2.75, 3.05) is 0 Å². The third-order valence-corrected chi connectivity index (χ3v) is 4.27. The van der Waals surface area contributed by atoms with Gasteiger partial charge in [-0.05, 0) is 23.6 Å². The average Bonchev–Trinajstić information content (AvgIpc) is 2.57. The van der Waals surface area contributed by atoms with Crippen molar-refractivity contribution in [3.05, 3.63) is 45.0 Å². The lowest BCUT2D eigenvalue weighted by atomic mass is 10.2. The summed E-state index contributed by atoms with van der Waals surface area (Å²) in [5.74, 6) is 0. The monoisotopic (exact) mass is 267 g/mol. The molecule has 0 bridgehead atoms. The minimum absolute atomic E-state index is 0.00248. The topological polar surface area (TPSA) is 56.1 Å². The van der Waals surface area contributed by atoms with Crippen molar-refractivity contribution in [3.63, 3.8) is 0 Å². The number of aromatic nitrogens is 1. The van der Waals surface area contributed by atoms with Crippen LogP contribution >= 0.6 is 11.6 Å². The van der Waals surface area contributed by atoms with Crippen LogP contribution in [0, 0.1) is 0 Å². The minimum atomic E-state index is -3.48. The molecule has 4 nitrogen and oxygen atoms in total. The van der Waals surface area contributed by atoms with E-state index in [2.05, 4.69) is 0 Å². The van der Waals surface area contributed by atoms with Crippen molar-refractivity contribution in [2.45, 2.75) is 5.03 Å². The van der Waals surface area contributed by atoms with Gasteiger partial charge >= 0.3 is 0 Å². The Bertz CT molecular complexity index is 834. The molecule has 2 aromatic rings. The molecule has 0 saturated carbocycles. The quantitative estimate of drug-likeness (QED) is 0.732. The predicted molar refractivity (Wildman–Crippen MR) is 65.7 cm³/mol. The molecule has 17 heavy (non-hydrogen) atoms. The van der Waals surface area contributed by atoms with Gasteiger partial charge in [0.1, 0.15) is 5.03 Å². The Kier molecular flexibility index (Phi) is 1.99. The molecule has 0 fully saturated rings. The van der Waals surface area contributed by atoms with Crippen LogP contribution in [0.2, 0.25) is 5.02 Å². The fraction of sp³-hybridized carbons (Fsp3) is 0. The first-order valence-corrected chi connectivity index (χ1v) is 6.69. The first-order valence-electron chi connectivity index (χ1n) is 4.77. The molecule has 86 valence electrons. The molecular weight excluding hydrogens is 262 g/mol. The molecule has 0 aliphatic carbocycles. The van der Waals surface area contributed by atoms with E-state index in [1.54, 1.807) is 12.1 Å². The largest absolute Gasteiger partial charge is 0.272 e. The smallest absolute Gasteiger partial charge is 0.263 e. The Morgan fingerprint density at radius 3 is 2.71 bits per heavy atom. The maximum absolute atomic E-state index is 12.0. The molecule has 0 spiro atoms. The van der Waals surface area contributed by atoms with Gasteiger partial charge in [-0.3, -0.25) is 9.36 Å². The highest BCUT2D eigenvalue weighted by atomic mass is 35.5. The van der Waals surface area contributed by atoms with Crippen molar-refractivity contribution in [1.82, 2.24) is 4.57 Å². The Balaban J connectivity index is 2.56. The van der Waals surface area contributed by atoms with Crippen molar-refractivity contribution < 1.29 is 8.42 Å². The van der Waals surface area contributed by atoms with E-state index in [-0.39, 0.29) is 10.6 Å². The number of halogens is 1. The number of rotatable bonds is 0. The van der Waals surface area contributed by atoms with Gasteiger partial charge in [0, 0.05) is 16.6 Å². The highest BCUT2D eigenvalue weighted by Gasteiger charge is 2.23. The first kappa shape index (κ1) is 10.6. The molecule has 0 N–H and O–H groups in total. The second-order valence-electron chi connectivity index (χ2n) is 3.72. The van der Waals surface area contributed by atoms with Crippen molar-refractivity contribution in [3.8, 4) is 0 Å². The number of pyridine rings is 1. The van der Waals surface area contributed by atoms with Crippen LogP contribution in [0.15, 0.2) is 39.5 Å². The van der Waals surface area contributed by atoms with Crippen molar-refractivity contribution >= 4 is 38.4 Å². The molecule has 1 aliphatic heterocycles. The molecule has 6 heteroatoms. The molecule has 2 heterocycles. The van der Waals surface area contributed by atoms with E-state index >= 15 is 0 Å². The molecule has 0 unspecified atom stereocenters. The summed E-state index contributed by atoms with van der Waals surface area (Å²) in [6.07, 6.45) is 1.26. The molecule has 1 aromatic carbocycles. The summed E-state index contributed by atoms with van der Waals surface area (Å²) in [7, 11) is -3.48. The van der Waals surface area contributed by atoms with E-state index < -0.39 is 9.84 Å². The van der Waals surface area contributed by atoms with Gasteiger partial charge in [0.25, 0.3) is 5.56 Å². The van der Waals surface area contributed by atoms with Crippen LogP contribution in [0.4, 0.5) is 0 Å². The molecule has 0 atom stereocenters. The van der Waals surface area contributed by atoms with Gasteiger partial charge < -0.3 is 0 Å². The highest BCUT2D eigenvalue weighted by molar-refractivity contribution is 7.94. The van der Waals surface area contributed by atoms with Crippen LogP contribution in [-0.4, -0.2) is 13.0 Å². The molecule has 0 saturated heterocycles. The zero-order valence-electron chi connectivity index (χ0n) is 8.42. The molecule has 0 amide bonds. The Labute approximate surface area is 102 Å². The van der Waals surface area contributed by atoms with E-state index in [1.807, 2.05) is 0 Å². The Morgan fingerprint density at radius 1 is 1.18 bits per heavy atom. The average molecular weight is 268 g/mol. The number of fused-ring (bicyclic) bond motifs is 2. The SMILES string of the molecule is O=c1c2cc(Cl)ccc2cc2n1C=CS2(=O)=O. The van der Waals surface area contributed by atoms with Crippen molar-refractivity contribution in [1.29, 1.82) is 0 Å². The summed E-state index contributed by atoms with van der Waals surface area (Å²) >= 11 is 5.81. The van der Waals surface area contributed by atoms with Crippen molar-refractivity contribution in [2.24, 2.45) is 0 Å². The van der Waals surface area contributed by atoms with Gasteiger partial charge in [-0.25, -0.2) is 8.42 Å². The van der Waals surface area contributed by atoms with Gasteiger partial charge in [-0.2, -0.15) is 0 Å². The number of hydrogen-bond donors (Lipinski definition) is 0. The number of sulfone groups is 1. The molecule has 1 aliphatic rings. The standard InChI is InChI=1S/C11H6ClNO3S/c12-8-2-1-7-5-10-13(3-4-17(10,15)16)11(14)9(7)6-8/h1-6H.